The normalized spacial score (nSPS) is 12.3. The zero-order valence-electron chi connectivity index (χ0n) is 15.1. The maximum Gasteiger partial charge on any atom is 0.268 e. The third-order valence-electron chi connectivity index (χ3n) is 4.00. The topological polar surface area (TPSA) is 104 Å². The summed E-state index contributed by atoms with van der Waals surface area (Å²) in [5.74, 6) is -1.36. The Labute approximate surface area is 163 Å². The van der Waals surface area contributed by atoms with Crippen LogP contribution in [0.1, 0.15) is 25.3 Å². The molecule has 2 aromatic heterocycles. The summed E-state index contributed by atoms with van der Waals surface area (Å²) in [6.07, 6.45) is 2.69. The molecule has 0 amide bonds. The zero-order chi connectivity index (χ0) is 20.1. The number of nitrogens with one attached hydrogen (secondary N) is 2. The lowest BCUT2D eigenvalue weighted by Crippen LogP contribution is -2.25. The van der Waals surface area contributed by atoms with Gasteiger partial charge < -0.3 is 15.4 Å². The van der Waals surface area contributed by atoms with Crippen LogP contribution in [0.15, 0.2) is 34.3 Å². The van der Waals surface area contributed by atoms with Gasteiger partial charge >= 0.3 is 0 Å². The molecule has 1 atom stereocenters. The molecule has 7 nitrogen and oxygen atoms in total. The molecule has 0 aliphatic rings. The van der Waals surface area contributed by atoms with Crippen molar-refractivity contribution in [2.75, 3.05) is 11.9 Å². The lowest BCUT2D eigenvalue weighted by molar-refractivity contribution is 0.268. The SMILES string of the molecule is CCCC(CO)Nc1nc(SCc2cccc(F)c2F)nc2[nH]c(=O)cnc12. The van der Waals surface area contributed by atoms with Crippen molar-refractivity contribution in [1.82, 2.24) is 19.9 Å². The van der Waals surface area contributed by atoms with Gasteiger partial charge in [-0.1, -0.05) is 37.2 Å². The van der Waals surface area contributed by atoms with Gasteiger partial charge in [0.1, 0.15) is 5.52 Å². The third-order valence-corrected chi connectivity index (χ3v) is 4.90. The van der Waals surface area contributed by atoms with Gasteiger partial charge in [0.2, 0.25) is 0 Å². The molecule has 3 aromatic rings. The highest BCUT2D eigenvalue weighted by molar-refractivity contribution is 7.98. The average molecular weight is 407 g/mol. The van der Waals surface area contributed by atoms with Gasteiger partial charge in [-0.15, -0.1) is 0 Å². The summed E-state index contributed by atoms with van der Waals surface area (Å²) in [6.45, 7) is 1.90. The first-order valence-corrected chi connectivity index (χ1v) is 9.70. The van der Waals surface area contributed by atoms with Crippen molar-refractivity contribution in [3.8, 4) is 0 Å². The second-order valence-electron chi connectivity index (χ2n) is 6.11. The van der Waals surface area contributed by atoms with E-state index in [-0.39, 0.29) is 34.8 Å². The number of aliphatic hydroxyl groups excluding tert-OH is 1. The van der Waals surface area contributed by atoms with Gasteiger partial charge in [0.25, 0.3) is 5.56 Å². The van der Waals surface area contributed by atoms with Crippen LogP contribution in [-0.4, -0.2) is 37.7 Å². The van der Waals surface area contributed by atoms with Crippen LogP contribution in [0.4, 0.5) is 14.6 Å². The van der Waals surface area contributed by atoms with E-state index in [1.54, 1.807) is 0 Å². The molecule has 0 saturated heterocycles. The van der Waals surface area contributed by atoms with E-state index in [0.717, 1.165) is 30.4 Å². The molecule has 0 radical (unpaired) electrons. The number of aromatic nitrogens is 4. The number of rotatable bonds is 8. The van der Waals surface area contributed by atoms with Crippen molar-refractivity contribution in [2.24, 2.45) is 0 Å². The molecule has 0 aliphatic heterocycles. The van der Waals surface area contributed by atoms with Crippen LogP contribution in [0.3, 0.4) is 0 Å². The molecular weight excluding hydrogens is 388 g/mol. The minimum atomic E-state index is -0.918. The van der Waals surface area contributed by atoms with Gasteiger partial charge in [-0.2, -0.15) is 0 Å². The van der Waals surface area contributed by atoms with E-state index >= 15 is 0 Å². The van der Waals surface area contributed by atoms with Crippen LogP contribution in [0, 0.1) is 11.6 Å². The maximum atomic E-state index is 13.9. The summed E-state index contributed by atoms with van der Waals surface area (Å²) in [5.41, 5.74) is 0.342. The Morgan fingerprint density at radius 3 is 2.89 bits per heavy atom. The van der Waals surface area contributed by atoms with Gasteiger partial charge in [0.15, 0.2) is 28.3 Å². The molecule has 1 aromatic carbocycles. The third kappa shape index (κ3) is 4.63. The van der Waals surface area contributed by atoms with Crippen LogP contribution >= 0.6 is 11.8 Å². The Morgan fingerprint density at radius 1 is 1.32 bits per heavy atom. The lowest BCUT2D eigenvalue weighted by Gasteiger charge is -2.17. The van der Waals surface area contributed by atoms with Crippen molar-refractivity contribution in [1.29, 1.82) is 0 Å². The van der Waals surface area contributed by atoms with Crippen molar-refractivity contribution < 1.29 is 13.9 Å². The summed E-state index contributed by atoms with van der Waals surface area (Å²) in [7, 11) is 0. The highest BCUT2D eigenvalue weighted by atomic mass is 32.2. The number of H-pyrrole nitrogens is 1. The average Bonchev–Trinajstić information content (AvgIpc) is 2.68. The number of hydrogen-bond donors (Lipinski definition) is 3. The van der Waals surface area contributed by atoms with E-state index in [1.165, 1.54) is 12.1 Å². The molecule has 0 spiro atoms. The van der Waals surface area contributed by atoms with E-state index in [1.807, 2.05) is 6.92 Å². The smallest absolute Gasteiger partial charge is 0.268 e. The standard InChI is InChI=1S/C18H19F2N5O2S/c1-2-4-11(8-26)22-16-15-17(23-13(27)7-21-15)25-18(24-16)28-9-10-5-3-6-12(19)14(10)20/h3,5-7,11,26H,2,4,8-9H2,1H3,(H2,22,23,24,25,27). The molecule has 3 N–H and O–H groups in total. The number of aliphatic hydroxyl groups is 1. The van der Waals surface area contributed by atoms with Crippen LogP contribution in [-0.2, 0) is 5.75 Å². The number of aromatic amines is 1. The second-order valence-corrected chi connectivity index (χ2v) is 7.06. The largest absolute Gasteiger partial charge is 0.394 e. The fourth-order valence-corrected chi connectivity index (χ4v) is 3.45. The number of hydrogen-bond acceptors (Lipinski definition) is 7. The molecule has 0 saturated carbocycles. The molecule has 0 bridgehead atoms. The van der Waals surface area contributed by atoms with Gasteiger partial charge in [0.05, 0.1) is 18.8 Å². The summed E-state index contributed by atoms with van der Waals surface area (Å²) in [4.78, 5) is 26.9. The Morgan fingerprint density at radius 2 is 2.14 bits per heavy atom. The summed E-state index contributed by atoms with van der Waals surface area (Å²) >= 11 is 1.10. The van der Waals surface area contributed by atoms with E-state index in [4.69, 9.17) is 0 Å². The quantitative estimate of drug-likeness (QED) is 0.390. The van der Waals surface area contributed by atoms with Crippen LogP contribution < -0.4 is 10.9 Å². The fourth-order valence-electron chi connectivity index (χ4n) is 2.63. The number of thioether (sulfide) groups is 1. The molecule has 148 valence electrons. The molecule has 1 unspecified atom stereocenters. The highest BCUT2D eigenvalue weighted by Gasteiger charge is 2.15. The summed E-state index contributed by atoms with van der Waals surface area (Å²) in [6, 6.07) is 3.73. The van der Waals surface area contributed by atoms with Gasteiger partial charge in [-0.3, -0.25) is 4.79 Å². The lowest BCUT2D eigenvalue weighted by atomic mass is 10.2. The number of nitrogens with zero attached hydrogens (tertiary/aromatic N) is 3. The van der Waals surface area contributed by atoms with Gasteiger partial charge in [-0.05, 0) is 12.5 Å². The predicted molar refractivity (Wildman–Crippen MR) is 103 cm³/mol. The Hall–Kier alpha value is -2.59. The predicted octanol–water partition coefficient (Wildman–Crippen LogP) is 2.86. The van der Waals surface area contributed by atoms with Crippen molar-refractivity contribution in [2.45, 2.75) is 36.7 Å². The van der Waals surface area contributed by atoms with E-state index in [2.05, 4.69) is 25.3 Å². The maximum absolute atomic E-state index is 13.9. The van der Waals surface area contributed by atoms with Crippen molar-refractivity contribution >= 4 is 28.7 Å². The van der Waals surface area contributed by atoms with Crippen molar-refractivity contribution in [3.63, 3.8) is 0 Å². The molecule has 0 aliphatic carbocycles. The number of anilines is 1. The fraction of sp³-hybridized carbons (Fsp3) is 0.333. The van der Waals surface area contributed by atoms with Crippen LogP contribution in [0.5, 0.6) is 0 Å². The monoisotopic (exact) mass is 407 g/mol. The molecular formula is C18H19F2N5O2S. The molecule has 0 fully saturated rings. The Bertz CT molecular complexity index is 1030. The summed E-state index contributed by atoms with van der Waals surface area (Å²) in [5, 5.41) is 12.9. The minimum Gasteiger partial charge on any atom is -0.394 e. The molecule has 2 heterocycles. The first kappa shape index (κ1) is 20.2. The van der Waals surface area contributed by atoms with Crippen LogP contribution in [0.2, 0.25) is 0 Å². The minimum absolute atomic E-state index is 0.0976. The molecule has 28 heavy (non-hydrogen) atoms. The number of benzene rings is 1. The van der Waals surface area contributed by atoms with Crippen molar-refractivity contribution in [3.05, 3.63) is 51.9 Å². The Kier molecular flexibility index (Phi) is 6.53. The first-order valence-electron chi connectivity index (χ1n) is 8.72. The van der Waals surface area contributed by atoms with Gasteiger partial charge in [-0.25, -0.2) is 23.7 Å². The summed E-state index contributed by atoms with van der Waals surface area (Å²) < 4.78 is 27.2. The molecule has 3 rings (SSSR count). The Balaban J connectivity index is 1.93. The number of halogens is 2. The van der Waals surface area contributed by atoms with Crippen LogP contribution in [0.25, 0.3) is 11.2 Å². The highest BCUT2D eigenvalue weighted by Crippen LogP contribution is 2.26. The van der Waals surface area contributed by atoms with E-state index in [9.17, 15) is 18.7 Å². The number of fused-ring (bicyclic) bond motifs is 1. The first-order chi connectivity index (χ1) is 13.5. The molecule has 10 heteroatoms. The van der Waals surface area contributed by atoms with E-state index < -0.39 is 17.2 Å². The zero-order valence-corrected chi connectivity index (χ0v) is 15.9. The second kappa shape index (κ2) is 9.07. The van der Waals surface area contributed by atoms with Gasteiger partial charge in [0, 0.05) is 11.3 Å². The van der Waals surface area contributed by atoms with E-state index in [0.29, 0.717) is 17.8 Å².